The van der Waals surface area contributed by atoms with Crippen LogP contribution in [0.4, 0.5) is 21.0 Å². The molecule has 1 aromatic heterocycles. The third-order valence-corrected chi connectivity index (χ3v) is 6.65. The van der Waals surface area contributed by atoms with E-state index in [-0.39, 0.29) is 29.8 Å². The number of hydrogen-bond acceptors (Lipinski definition) is 7. The second-order valence-electron chi connectivity index (χ2n) is 8.50. The fourth-order valence-electron chi connectivity index (χ4n) is 4.99. The molecule has 0 radical (unpaired) electrons. The SMILES string of the molecule is COC(=O)Nc1nc(N2CCC[C@@]3(CCN(C4CCC(O)CC4)C3=O)C2)ncc1F. The van der Waals surface area contributed by atoms with Crippen molar-refractivity contribution in [1.29, 1.82) is 0 Å². The first-order chi connectivity index (χ1) is 14.4. The van der Waals surface area contributed by atoms with Crippen molar-refractivity contribution in [3.8, 4) is 0 Å². The van der Waals surface area contributed by atoms with Crippen molar-refractivity contribution in [2.24, 2.45) is 5.41 Å². The van der Waals surface area contributed by atoms with Crippen LogP contribution in [0.5, 0.6) is 0 Å². The summed E-state index contributed by atoms with van der Waals surface area (Å²) in [5.41, 5.74) is -0.484. The van der Waals surface area contributed by atoms with Gasteiger partial charge in [0.15, 0.2) is 11.6 Å². The lowest BCUT2D eigenvalue weighted by molar-refractivity contribution is -0.139. The second-order valence-corrected chi connectivity index (χ2v) is 8.50. The van der Waals surface area contributed by atoms with Gasteiger partial charge in [-0.25, -0.2) is 14.2 Å². The Morgan fingerprint density at radius 2 is 2.07 bits per heavy atom. The summed E-state index contributed by atoms with van der Waals surface area (Å²) in [6.07, 6.45) is 5.52. The average molecular weight is 421 g/mol. The van der Waals surface area contributed by atoms with E-state index in [0.29, 0.717) is 13.1 Å². The van der Waals surface area contributed by atoms with Gasteiger partial charge in [0.25, 0.3) is 0 Å². The number of carbonyl (C=O) groups excluding carboxylic acids is 2. The maximum atomic E-state index is 14.0. The predicted octanol–water partition coefficient (Wildman–Crippen LogP) is 1.92. The molecule has 0 aromatic carbocycles. The number of aromatic nitrogens is 2. The van der Waals surface area contributed by atoms with Gasteiger partial charge in [-0.05, 0) is 44.9 Å². The van der Waals surface area contributed by atoms with E-state index in [9.17, 15) is 19.1 Å². The first-order valence-corrected chi connectivity index (χ1v) is 10.5. The number of hydrogen-bond donors (Lipinski definition) is 2. The quantitative estimate of drug-likeness (QED) is 0.768. The van der Waals surface area contributed by atoms with E-state index in [1.165, 1.54) is 7.11 Å². The van der Waals surface area contributed by atoms with Crippen LogP contribution < -0.4 is 10.2 Å². The molecule has 1 saturated carbocycles. The number of likely N-dealkylation sites (tertiary alicyclic amines) is 1. The van der Waals surface area contributed by atoms with Crippen molar-refractivity contribution in [1.82, 2.24) is 14.9 Å². The highest BCUT2D eigenvalue weighted by atomic mass is 19.1. The fraction of sp³-hybridized carbons (Fsp3) is 0.700. The van der Waals surface area contributed by atoms with Gasteiger partial charge in [0.05, 0.1) is 24.8 Å². The molecule has 3 aliphatic rings. The third-order valence-electron chi connectivity index (χ3n) is 6.65. The zero-order valence-corrected chi connectivity index (χ0v) is 17.1. The van der Waals surface area contributed by atoms with Gasteiger partial charge in [-0.1, -0.05) is 0 Å². The van der Waals surface area contributed by atoms with E-state index >= 15 is 0 Å². The molecule has 0 bridgehead atoms. The van der Waals surface area contributed by atoms with Crippen LogP contribution in [-0.2, 0) is 9.53 Å². The lowest BCUT2D eigenvalue weighted by Crippen LogP contribution is -2.50. The van der Waals surface area contributed by atoms with Crippen LogP contribution in [0.1, 0.15) is 44.9 Å². The van der Waals surface area contributed by atoms with Gasteiger partial charge in [-0.2, -0.15) is 4.98 Å². The maximum absolute atomic E-state index is 14.0. The van der Waals surface area contributed by atoms with Gasteiger partial charge < -0.3 is 19.6 Å². The van der Waals surface area contributed by atoms with Crippen molar-refractivity contribution in [3.63, 3.8) is 0 Å². The molecule has 2 amide bonds. The smallest absolute Gasteiger partial charge is 0.412 e. The van der Waals surface area contributed by atoms with Gasteiger partial charge >= 0.3 is 6.09 Å². The van der Waals surface area contributed by atoms with Crippen LogP contribution >= 0.6 is 0 Å². The Kier molecular flexibility index (Phi) is 5.77. The first kappa shape index (κ1) is 20.8. The first-order valence-electron chi connectivity index (χ1n) is 10.5. The molecule has 30 heavy (non-hydrogen) atoms. The Labute approximate surface area is 174 Å². The minimum Gasteiger partial charge on any atom is -0.453 e. The largest absolute Gasteiger partial charge is 0.453 e. The number of nitrogens with zero attached hydrogens (tertiary/aromatic N) is 4. The van der Waals surface area contributed by atoms with Gasteiger partial charge in [0, 0.05) is 25.7 Å². The summed E-state index contributed by atoms with van der Waals surface area (Å²) in [4.78, 5) is 37.0. The number of carbonyl (C=O) groups is 2. The minimum absolute atomic E-state index is 0.170. The summed E-state index contributed by atoms with van der Waals surface area (Å²) in [7, 11) is 1.19. The average Bonchev–Trinajstić information content (AvgIpc) is 3.05. The molecule has 164 valence electrons. The molecule has 0 unspecified atom stereocenters. The lowest BCUT2D eigenvalue weighted by Gasteiger charge is -2.40. The summed E-state index contributed by atoms with van der Waals surface area (Å²) < 4.78 is 18.5. The number of halogens is 1. The molecule has 1 spiro atoms. The second kappa shape index (κ2) is 8.33. The van der Waals surface area contributed by atoms with Crippen molar-refractivity contribution in [2.45, 2.75) is 57.1 Å². The summed E-state index contributed by atoms with van der Waals surface area (Å²) in [5.74, 6) is -0.539. The van der Waals surface area contributed by atoms with Crippen LogP contribution in [-0.4, -0.2) is 70.9 Å². The molecule has 2 aliphatic heterocycles. The summed E-state index contributed by atoms with van der Waals surface area (Å²) in [5, 5.41) is 12.0. The molecule has 3 heterocycles. The number of piperidine rings is 1. The molecule has 2 saturated heterocycles. The van der Waals surface area contributed by atoms with E-state index in [4.69, 9.17) is 0 Å². The normalized spacial score (nSPS) is 29.4. The Bertz CT molecular complexity index is 816. The number of rotatable bonds is 3. The summed E-state index contributed by atoms with van der Waals surface area (Å²) in [6.45, 7) is 1.86. The van der Waals surface area contributed by atoms with Gasteiger partial charge in [0.1, 0.15) is 0 Å². The van der Waals surface area contributed by atoms with E-state index in [2.05, 4.69) is 20.0 Å². The molecule has 3 fully saturated rings. The van der Waals surface area contributed by atoms with Crippen molar-refractivity contribution < 1.29 is 23.8 Å². The minimum atomic E-state index is -0.812. The molecule has 10 heteroatoms. The van der Waals surface area contributed by atoms with Crippen LogP contribution in [0.2, 0.25) is 0 Å². The number of anilines is 2. The van der Waals surface area contributed by atoms with E-state index in [1.807, 2.05) is 9.80 Å². The molecule has 4 rings (SSSR count). The molecule has 1 aromatic rings. The van der Waals surface area contributed by atoms with Crippen molar-refractivity contribution in [2.75, 3.05) is 37.0 Å². The number of methoxy groups -OCH3 is 1. The number of amides is 2. The van der Waals surface area contributed by atoms with Gasteiger partial charge in [-0.3, -0.25) is 10.1 Å². The van der Waals surface area contributed by atoms with Crippen LogP contribution in [0, 0.1) is 11.2 Å². The molecule has 1 aliphatic carbocycles. The third kappa shape index (κ3) is 3.92. The zero-order chi connectivity index (χ0) is 21.3. The van der Waals surface area contributed by atoms with Crippen LogP contribution in [0.25, 0.3) is 0 Å². The fourth-order valence-corrected chi connectivity index (χ4v) is 4.99. The lowest BCUT2D eigenvalue weighted by atomic mass is 9.78. The van der Waals surface area contributed by atoms with Crippen molar-refractivity contribution >= 4 is 23.8 Å². The number of nitrogens with one attached hydrogen (secondary N) is 1. The maximum Gasteiger partial charge on any atom is 0.412 e. The number of aliphatic hydroxyl groups excluding tert-OH is 1. The monoisotopic (exact) mass is 421 g/mol. The molecular formula is C20H28FN5O4. The predicted molar refractivity (Wildman–Crippen MR) is 106 cm³/mol. The van der Waals surface area contributed by atoms with E-state index in [1.54, 1.807) is 0 Å². The summed E-state index contributed by atoms with van der Waals surface area (Å²) in [6, 6.07) is 0.202. The van der Waals surface area contributed by atoms with Gasteiger partial charge in [-0.15, -0.1) is 0 Å². The standard InChI is InChI=1S/C20H28FN5O4/c1-30-19(29)24-16-15(21)11-22-18(23-16)25-9-2-7-20(12-25)8-10-26(17(20)28)13-3-5-14(27)6-4-13/h11,13-14,27H,2-10,12H2,1H3,(H,22,23,24,29)/t13?,14?,20-/m1/s1. The topological polar surface area (TPSA) is 108 Å². The number of ether oxygens (including phenoxy) is 1. The molecule has 1 atom stereocenters. The van der Waals surface area contributed by atoms with E-state index in [0.717, 1.165) is 57.7 Å². The van der Waals surface area contributed by atoms with Gasteiger partial charge in [0.2, 0.25) is 11.9 Å². The molecular weight excluding hydrogens is 393 g/mol. The number of aliphatic hydroxyl groups is 1. The highest BCUT2D eigenvalue weighted by molar-refractivity contribution is 5.86. The summed E-state index contributed by atoms with van der Waals surface area (Å²) >= 11 is 0. The highest BCUT2D eigenvalue weighted by Crippen LogP contribution is 2.43. The zero-order valence-electron chi connectivity index (χ0n) is 17.1. The van der Waals surface area contributed by atoms with E-state index < -0.39 is 17.3 Å². The Morgan fingerprint density at radius 1 is 1.30 bits per heavy atom. The van der Waals surface area contributed by atoms with Crippen LogP contribution in [0.15, 0.2) is 6.20 Å². The van der Waals surface area contributed by atoms with Crippen LogP contribution in [0.3, 0.4) is 0 Å². The Hall–Kier alpha value is -2.49. The van der Waals surface area contributed by atoms with Crippen molar-refractivity contribution in [3.05, 3.63) is 12.0 Å². The Morgan fingerprint density at radius 3 is 2.80 bits per heavy atom. The molecule has 2 N–H and O–H groups in total. The Balaban J connectivity index is 1.49. The molecule has 9 nitrogen and oxygen atoms in total. The highest BCUT2D eigenvalue weighted by Gasteiger charge is 2.51.